The normalized spacial score (nSPS) is 20.0. The number of halogens is 5. The minimum atomic E-state index is -4.82. The van der Waals surface area contributed by atoms with Crippen molar-refractivity contribution in [1.29, 1.82) is 0 Å². The van der Waals surface area contributed by atoms with Crippen LogP contribution in [0.5, 0.6) is 0 Å². The summed E-state index contributed by atoms with van der Waals surface area (Å²) < 4.78 is 65.6. The Hall–Kier alpha value is -2.58. The van der Waals surface area contributed by atoms with E-state index in [0.29, 0.717) is 12.8 Å². The number of aromatic nitrogens is 2. The van der Waals surface area contributed by atoms with Gasteiger partial charge in [-0.05, 0) is 24.5 Å². The third-order valence-corrected chi connectivity index (χ3v) is 4.13. The van der Waals surface area contributed by atoms with Crippen molar-refractivity contribution in [3.8, 4) is 0 Å². The number of hydrogen-bond donors (Lipinski definition) is 1. The van der Waals surface area contributed by atoms with E-state index in [0.717, 1.165) is 24.5 Å². The number of carbonyl (C=O) groups is 1. The minimum Gasteiger partial charge on any atom is -0.347 e. The molecule has 1 aromatic carbocycles. The number of alkyl halides is 3. The van der Waals surface area contributed by atoms with Crippen LogP contribution in [-0.4, -0.2) is 21.9 Å². The SMILES string of the molecule is O=C(N[C@H]1CC[C@H]1c1ccc(F)cc1F)c1nccnc1C(F)(F)F. The maximum Gasteiger partial charge on any atom is 0.435 e. The van der Waals surface area contributed by atoms with Crippen LogP contribution in [-0.2, 0) is 6.18 Å². The molecule has 2 atom stereocenters. The van der Waals surface area contributed by atoms with Gasteiger partial charge >= 0.3 is 6.18 Å². The number of hydrogen-bond acceptors (Lipinski definition) is 3. The lowest BCUT2D eigenvalue weighted by Crippen LogP contribution is -2.46. The molecule has 1 aliphatic carbocycles. The molecule has 3 rings (SSSR count). The summed E-state index contributed by atoms with van der Waals surface area (Å²) in [5.74, 6) is -2.94. The summed E-state index contributed by atoms with van der Waals surface area (Å²) >= 11 is 0. The fraction of sp³-hybridized carbons (Fsp3) is 0.312. The molecule has 4 nitrogen and oxygen atoms in total. The standard InChI is InChI=1S/C16H12F5N3O/c17-8-1-2-9(11(18)7-8)10-3-4-12(10)24-15(25)13-14(16(19,20)21)23-6-5-22-13/h1-2,5-7,10,12H,3-4H2,(H,24,25)/t10-,12-/m0/s1. The van der Waals surface area contributed by atoms with Gasteiger partial charge in [0.15, 0.2) is 11.4 Å². The molecule has 1 saturated carbocycles. The molecule has 0 saturated heterocycles. The van der Waals surface area contributed by atoms with Crippen LogP contribution >= 0.6 is 0 Å². The van der Waals surface area contributed by atoms with Gasteiger partial charge in [0.25, 0.3) is 5.91 Å². The van der Waals surface area contributed by atoms with E-state index in [1.165, 1.54) is 6.07 Å². The molecular weight excluding hydrogens is 345 g/mol. The zero-order valence-corrected chi connectivity index (χ0v) is 12.6. The maximum absolute atomic E-state index is 13.9. The van der Waals surface area contributed by atoms with Crippen molar-refractivity contribution in [2.75, 3.05) is 0 Å². The van der Waals surface area contributed by atoms with Crippen molar-refractivity contribution in [2.45, 2.75) is 31.0 Å². The molecule has 2 aromatic rings. The molecule has 132 valence electrons. The first-order valence-corrected chi connectivity index (χ1v) is 7.41. The zero-order valence-electron chi connectivity index (χ0n) is 12.6. The van der Waals surface area contributed by atoms with E-state index in [2.05, 4.69) is 15.3 Å². The summed E-state index contributed by atoms with van der Waals surface area (Å²) in [5, 5.41) is 2.43. The molecule has 1 N–H and O–H groups in total. The molecule has 1 aliphatic rings. The first-order valence-electron chi connectivity index (χ1n) is 7.41. The van der Waals surface area contributed by atoms with E-state index in [1.807, 2.05) is 0 Å². The predicted molar refractivity (Wildman–Crippen MR) is 76.6 cm³/mol. The number of nitrogens with one attached hydrogen (secondary N) is 1. The van der Waals surface area contributed by atoms with Crippen LogP contribution in [0, 0.1) is 11.6 Å². The summed E-state index contributed by atoms with van der Waals surface area (Å²) in [6.07, 6.45) is -1.99. The minimum absolute atomic E-state index is 0.216. The smallest absolute Gasteiger partial charge is 0.347 e. The van der Waals surface area contributed by atoms with Gasteiger partial charge in [0.05, 0.1) is 0 Å². The maximum atomic E-state index is 13.9. The third-order valence-electron chi connectivity index (χ3n) is 4.13. The van der Waals surface area contributed by atoms with Crippen LogP contribution in [0.3, 0.4) is 0 Å². The highest BCUT2D eigenvalue weighted by Gasteiger charge is 2.40. The van der Waals surface area contributed by atoms with Crippen LogP contribution < -0.4 is 5.32 Å². The summed E-state index contributed by atoms with van der Waals surface area (Å²) in [7, 11) is 0. The van der Waals surface area contributed by atoms with Crippen LogP contribution in [0.2, 0.25) is 0 Å². The Bertz CT molecular complexity index is 809. The third kappa shape index (κ3) is 3.45. The van der Waals surface area contributed by atoms with Crippen molar-refractivity contribution in [3.05, 3.63) is 59.2 Å². The van der Waals surface area contributed by atoms with Crippen molar-refractivity contribution in [1.82, 2.24) is 15.3 Å². The van der Waals surface area contributed by atoms with Gasteiger partial charge in [-0.25, -0.2) is 18.7 Å². The lowest BCUT2D eigenvalue weighted by Gasteiger charge is -2.37. The van der Waals surface area contributed by atoms with Crippen molar-refractivity contribution in [2.24, 2.45) is 0 Å². The highest BCUT2D eigenvalue weighted by atomic mass is 19.4. The summed E-state index contributed by atoms with van der Waals surface area (Å²) in [6, 6.07) is 2.55. The largest absolute Gasteiger partial charge is 0.435 e. The van der Waals surface area contributed by atoms with Gasteiger partial charge in [-0.15, -0.1) is 0 Å². The predicted octanol–water partition coefficient (Wildman–Crippen LogP) is 3.45. The van der Waals surface area contributed by atoms with E-state index in [4.69, 9.17) is 0 Å². The van der Waals surface area contributed by atoms with Gasteiger partial charge in [-0.3, -0.25) is 4.79 Å². The topological polar surface area (TPSA) is 54.9 Å². The van der Waals surface area contributed by atoms with E-state index in [-0.39, 0.29) is 5.56 Å². The molecule has 25 heavy (non-hydrogen) atoms. The molecular formula is C16H12F5N3O. The average Bonchev–Trinajstić information content (AvgIpc) is 2.53. The highest BCUT2D eigenvalue weighted by molar-refractivity contribution is 5.93. The number of amides is 1. The molecule has 1 heterocycles. The Morgan fingerprint density at radius 1 is 1.12 bits per heavy atom. The fourth-order valence-electron chi connectivity index (χ4n) is 2.80. The van der Waals surface area contributed by atoms with Gasteiger partial charge < -0.3 is 5.32 Å². The number of benzene rings is 1. The second kappa shape index (κ2) is 6.38. The molecule has 0 spiro atoms. The van der Waals surface area contributed by atoms with Crippen molar-refractivity contribution >= 4 is 5.91 Å². The molecule has 1 amide bonds. The first kappa shape index (κ1) is 17.2. The molecule has 1 fully saturated rings. The van der Waals surface area contributed by atoms with E-state index >= 15 is 0 Å². The zero-order chi connectivity index (χ0) is 18.2. The first-order chi connectivity index (χ1) is 11.8. The monoisotopic (exact) mass is 357 g/mol. The summed E-state index contributed by atoms with van der Waals surface area (Å²) in [4.78, 5) is 18.8. The number of rotatable bonds is 3. The highest BCUT2D eigenvalue weighted by Crippen LogP contribution is 2.38. The Kier molecular flexibility index (Phi) is 4.40. The second-order valence-electron chi connectivity index (χ2n) is 5.68. The molecule has 0 unspecified atom stereocenters. The van der Waals surface area contributed by atoms with Crippen molar-refractivity contribution in [3.63, 3.8) is 0 Å². The van der Waals surface area contributed by atoms with Crippen molar-refractivity contribution < 1.29 is 26.7 Å². The fourth-order valence-corrected chi connectivity index (χ4v) is 2.80. The summed E-state index contributed by atoms with van der Waals surface area (Å²) in [5.41, 5.74) is -2.00. The van der Waals surface area contributed by atoms with Gasteiger partial charge in [-0.1, -0.05) is 6.07 Å². The van der Waals surface area contributed by atoms with Gasteiger partial charge in [0, 0.05) is 30.4 Å². The molecule has 0 radical (unpaired) electrons. The summed E-state index contributed by atoms with van der Waals surface area (Å²) in [6.45, 7) is 0. The number of carbonyl (C=O) groups excluding carboxylic acids is 1. The van der Waals surface area contributed by atoms with Crippen LogP contribution in [0.1, 0.15) is 40.5 Å². The Morgan fingerprint density at radius 3 is 2.44 bits per heavy atom. The average molecular weight is 357 g/mol. The Balaban J connectivity index is 1.78. The Labute approximate surface area is 139 Å². The van der Waals surface area contributed by atoms with Gasteiger partial charge in [-0.2, -0.15) is 13.2 Å². The molecule has 9 heteroatoms. The van der Waals surface area contributed by atoms with Crippen LogP contribution in [0.25, 0.3) is 0 Å². The number of nitrogens with zero attached hydrogens (tertiary/aromatic N) is 2. The lowest BCUT2D eigenvalue weighted by molar-refractivity contribution is -0.141. The quantitative estimate of drug-likeness (QED) is 0.856. The van der Waals surface area contributed by atoms with E-state index in [9.17, 15) is 26.7 Å². The van der Waals surface area contributed by atoms with E-state index in [1.54, 1.807) is 0 Å². The lowest BCUT2D eigenvalue weighted by atomic mass is 9.74. The van der Waals surface area contributed by atoms with Crippen LogP contribution in [0.4, 0.5) is 22.0 Å². The van der Waals surface area contributed by atoms with Gasteiger partial charge in [0.1, 0.15) is 11.6 Å². The molecule has 0 aliphatic heterocycles. The van der Waals surface area contributed by atoms with Crippen LogP contribution in [0.15, 0.2) is 30.6 Å². The second-order valence-corrected chi connectivity index (χ2v) is 5.68. The van der Waals surface area contributed by atoms with Gasteiger partial charge in [0.2, 0.25) is 0 Å². The molecule has 0 bridgehead atoms. The Morgan fingerprint density at radius 2 is 1.84 bits per heavy atom. The molecule has 1 aromatic heterocycles. The van der Waals surface area contributed by atoms with E-state index < -0.39 is 47.1 Å².